The molecule has 1 aliphatic rings. The smallest absolute Gasteiger partial charge is 0.274 e. The molecule has 0 unspecified atom stereocenters. The minimum Gasteiger partial charge on any atom is -0.337 e. The van der Waals surface area contributed by atoms with Gasteiger partial charge in [0.25, 0.3) is 5.91 Å². The van der Waals surface area contributed by atoms with Crippen molar-refractivity contribution in [3.63, 3.8) is 0 Å². The van der Waals surface area contributed by atoms with Crippen molar-refractivity contribution in [2.45, 2.75) is 19.3 Å². The number of pyridine rings is 1. The lowest BCUT2D eigenvalue weighted by atomic mass is 9.88. The first-order valence-electron chi connectivity index (χ1n) is 8.82. The highest BCUT2D eigenvalue weighted by Gasteiger charge is 2.25. The predicted molar refractivity (Wildman–Crippen MR) is 97.3 cm³/mol. The molecule has 1 fully saturated rings. The van der Waals surface area contributed by atoms with E-state index in [1.165, 1.54) is 10.9 Å². The Bertz CT molecular complexity index is 888. The van der Waals surface area contributed by atoms with E-state index in [9.17, 15) is 4.79 Å². The van der Waals surface area contributed by atoms with E-state index in [1.807, 2.05) is 30.4 Å². The molecular formula is C20H22N4O. The summed E-state index contributed by atoms with van der Waals surface area (Å²) in [5, 5.41) is 5.47. The molecule has 5 nitrogen and oxygen atoms in total. The average Bonchev–Trinajstić information content (AvgIpc) is 3.08. The highest BCUT2D eigenvalue weighted by molar-refractivity contribution is 5.92. The maximum Gasteiger partial charge on any atom is 0.274 e. The van der Waals surface area contributed by atoms with Gasteiger partial charge in [-0.25, -0.2) is 0 Å². The maximum absolute atomic E-state index is 12.5. The number of aromatic nitrogens is 3. The van der Waals surface area contributed by atoms with Gasteiger partial charge >= 0.3 is 0 Å². The molecule has 0 atom stereocenters. The van der Waals surface area contributed by atoms with Gasteiger partial charge in [-0.05, 0) is 48.9 Å². The van der Waals surface area contributed by atoms with E-state index >= 15 is 0 Å². The number of benzene rings is 1. The molecule has 0 saturated carbocycles. The fourth-order valence-electron chi connectivity index (χ4n) is 3.69. The van der Waals surface area contributed by atoms with Gasteiger partial charge in [-0.1, -0.05) is 18.2 Å². The summed E-state index contributed by atoms with van der Waals surface area (Å²) in [7, 11) is 1.84. The number of amides is 1. The van der Waals surface area contributed by atoms with E-state index in [0.29, 0.717) is 11.6 Å². The molecule has 128 valence electrons. The zero-order valence-corrected chi connectivity index (χ0v) is 14.4. The van der Waals surface area contributed by atoms with Crippen LogP contribution in [0.2, 0.25) is 0 Å². The topological polar surface area (TPSA) is 51.0 Å². The van der Waals surface area contributed by atoms with Crippen LogP contribution in [0.5, 0.6) is 0 Å². The molecule has 0 N–H and O–H groups in total. The van der Waals surface area contributed by atoms with Crippen LogP contribution < -0.4 is 0 Å². The monoisotopic (exact) mass is 334 g/mol. The number of piperidine rings is 1. The largest absolute Gasteiger partial charge is 0.337 e. The summed E-state index contributed by atoms with van der Waals surface area (Å²) >= 11 is 0. The number of fused-ring (bicyclic) bond motifs is 1. The lowest BCUT2D eigenvalue weighted by molar-refractivity contribution is 0.0684. The Balaban J connectivity index is 1.41. The van der Waals surface area contributed by atoms with Gasteiger partial charge in [0.15, 0.2) is 0 Å². The summed E-state index contributed by atoms with van der Waals surface area (Å²) in [6.07, 6.45) is 6.78. The fourth-order valence-corrected chi connectivity index (χ4v) is 3.69. The molecule has 1 aliphatic heterocycles. The molecule has 1 saturated heterocycles. The van der Waals surface area contributed by atoms with Crippen LogP contribution in [0.25, 0.3) is 10.9 Å². The van der Waals surface area contributed by atoms with Crippen molar-refractivity contribution in [1.82, 2.24) is 19.7 Å². The summed E-state index contributed by atoms with van der Waals surface area (Å²) in [5.74, 6) is 0.659. The number of rotatable bonds is 3. The van der Waals surface area contributed by atoms with Gasteiger partial charge in [-0.2, -0.15) is 5.10 Å². The lowest BCUT2D eigenvalue weighted by Gasteiger charge is -2.31. The van der Waals surface area contributed by atoms with Gasteiger partial charge in [0.2, 0.25) is 0 Å². The van der Waals surface area contributed by atoms with Crippen LogP contribution in [-0.4, -0.2) is 38.7 Å². The summed E-state index contributed by atoms with van der Waals surface area (Å²) in [5.41, 5.74) is 2.96. The zero-order chi connectivity index (χ0) is 17.2. The van der Waals surface area contributed by atoms with E-state index in [4.69, 9.17) is 0 Å². The molecule has 0 radical (unpaired) electrons. The Labute approximate surface area is 147 Å². The SMILES string of the molecule is Cn1ccc(C(=O)N2CCC(Cc3cccc4ncccc34)CC2)n1. The number of likely N-dealkylation sites (tertiary alicyclic amines) is 1. The molecule has 2 aromatic heterocycles. The summed E-state index contributed by atoms with van der Waals surface area (Å²) in [6.45, 7) is 1.62. The number of nitrogens with zero attached hydrogens (tertiary/aromatic N) is 4. The second-order valence-electron chi connectivity index (χ2n) is 6.80. The minimum atomic E-state index is 0.0495. The molecule has 3 aromatic rings. The van der Waals surface area contributed by atoms with E-state index in [2.05, 4.69) is 34.3 Å². The van der Waals surface area contributed by atoms with Crippen LogP contribution in [0.15, 0.2) is 48.8 Å². The first-order valence-corrected chi connectivity index (χ1v) is 8.82. The molecule has 5 heteroatoms. The van der Waals surface area contributed by atoms with Crippen molar-refractivity contribution < 1.29 is 4.79 Å². The average molecular weight is 334 g/mol. The van der Waals surface area contributed by atoms with Gasteiger partial charge < -0.3 is 4.90 Å². The Kier molecular flexibility index (Phi) is 4.22. The minimum absolute atomic E-state index is 0.0495. The van der Waals surface area contributed by atoms with Crippen LogP contribution in [0.4, 0.5) is 0 Å². The predicted octanol–water partition coefficient (Wildman–Crippen LogP) is 3.06. The Morgan fingerprint density at radius 3 is 2.76 bits per heavy atom. The van der Waals surface area contributed by atoms with Crippen molar-refractivity contribution in [3.05, 3.63) is 60.0 Å². The molecule has 3 heterocycles. The Hall–Kier alpha value is -2.69. The van der Waals surface area contributed by atoms with Crippen molar-refractivity contribution in [1.29, 1.82) is 0 Å². The summed E-state index contributed by atoms with van der Waals surface area (Å²) in [4.78, 5) is 18.9. The van der Waals surface area contributed by atoms with Crippen LogP contribution in [0.1, 0.15) is 28.9 Å². The van der Waals surface area contributed by atoms with E-state index in [-0.39, 0.29) is 5.91 Å². The van der Waals surface area contributed by atoms with Crippen LogP contribution in [0.3, 0.4) is 0 Å². The Morgan fingerprint density at radius 2 is 2.00 bits per heavy atom. The summed E-state index contributed by atoms with van der Waals surface area (Å²) in [6, 6.07) is 12.3. The van der Waals surface area contributed by atoms with E-state index < -0.39 is 0 Å². The van der Waals surface area contributed by atoms with Crippen LogP contribution in [0, 0.1) is 5.92 Å². The van der Waals surface area contributed by atoms with Gasteiger partial charge in [0.05, 0.1) is 5.52 Å². The van der Waals surface area contributed by atoms with Crippen LogP contribution >= 0.6 is 0 Å². The first kappa shape index (κ1) is 15.8. The lowest BCUT2D eigenvalue weighted by Crippen LogP contribution is -2.39. The van der Waals surface area contributed by atoms with Gasteiger partial charge in [-0.3, -0.25) is 14.5 Å². The number of hydrogen-bond donors (Lipinski definition) is 0. The Morgan fingerprint density at radius 1 is 1.16 bits per heavy atom. The summed E-state index contributed by atoms with van der Waals surface area (Å²) < 4.78 is 1.68. The third-order valence-corrected chi connectivity index (χ3v) is 5.08. The molecule has 0 aliphatic carbocycles. The molecule has 0 spiro atoms. The van der Waals surface area contributed by atoms with E-state index in [1.54, 1.807) is 10.7 Å². The van der Waals surface area contributed by atoms with Gasteiger partial charge in [0, 0.05) is 37.9 Å². The molecule has 4 rings (SSSR count). The maximum atomic E-state index is 12.5. The zero-order valence-electron chi connectivity index (χ0n) is 14.4. The number of hydrogen-bond acceptors (Lipinski definition) is 3. The molecule has 1 aromatic carbocycles. The van der Waals surface area contributed by atoms with Crippen molar-refractivity contribution in [3.8, 4) is 0 Å². The third-order valence-electron chi connectivity index (χ3n) is 5.08. The standard InChI is InChI=1S/C20H22N4O/c1-23-11-9-19(22-23)20(25)24-12-7-15(8-13-24)14-16-4-2-6-18-17(16)5-3-10-21-18/h2-6,9-11,15H,7-8,12-14H2,1H3. The van der Waals surface area contributed by atoms with Gasteiger partial charge in [0.1, 0.15) is 5.69 Å². The molecular weight excluding hydrogens is 312 g/mol. The van der Waals surface area contributed by atoms with Gasteiger partial charge in [-0.15, -0.1) is 0 Å². The number of carbonyl (C=O) groups is 1. The fraction of sp³-hybridized carbons (Fsp3) is 0.350. The van der Waals surface area contributed by atoms with Crippen molar-refractivity contribution in [2.24, 2.45) is 13.0 Å². The number of carbonyl (C=O) groups excluding carboxylic acids is 1. The molecule has 25 heavy (non-hydrogen) atoms. The van der Waals surface area contributed by atoms with E-state index in [0.717, 1.165) is 37.9 Å². The van der Waals surface area contributed by atoms with Crippen molar-refractivity contribution in [2.75, 3.05) is 13.1 Å². The second kappa shape index (κ2) is 6.67. The highest BCUT2D eigenvalue weighted by Crippen LogP contribution is 2.26. The molecule has 0 bridgehead atoms. The number of aryl methyl sites for hydroxylation is 1. The normalized spacial score (nSPS) is 15.6. The quantitative estimate of drug-likeness (QED) is 0.740. The van der Waals surface area contributed by atoms with Crippen molar-refractivity contribution >= 4 is 16.8 Å². The second-order valence-corrected chi connectivity index (χ2v) is 6.80. The van der Waals surface area contributed by atoms with Crippen LogP contribution in [-0.2, 0) is 13.5 Å². The first-order chi connectivity index (χ1) is 12.2. The highest BCUT2D eigenvalue weighted by atomic mass is 16.2. The molecule has 1 amide bonds. The third kappa shape index (κ3) is 3.27.